The first-order valence-corrected chi connectivity index (χ1v) is 3.12. The standard InChI is InChI=1S/C6H11FO4/c1-6(11,2-3-8)4(7)5(9)10/h4,8,11H,2-3H2,1H3,(H,9,10)/t4-,6?/m0/s1. The van der Waals surface area contributed by atoms with E-state index in [1.165, 1.54) is 0 Å². The first kappa shape index (κ1) is 10.3. The summed E-state index contributed by atoms with van der Waals surface area (Å²) >= 11 is 0. The molecule has 0 amide bonds. The molecule has 0 rings (SSSR count). The number of alkyl halides is 1. The smallest absolute Gasteiger partial charge is 0.341 e. The summed E-state index contributed by atoms with van der Waals surface area (Å²) in [7, 11) is 0. The van der Waals surface area contributed by atoms with E-state index < -0.39 is 24.3 Å². The number of aliphatic hydroxyl groups is 2. The van der Waals surface area contributed by atoms with E-state index in [1.54, 1.807) is 0 Å². The van der Waals surface area contributed by atoms with Crippen molar-refractivity contribution in [3.63, 3.8) is 0 Å². The van der Waals surface area contributed by atoms with Gasteiger partial charge in [-0.25, -0.2) is 9.18 Å². The molecule has 0 spiro atoms. The number of aliphatic carboxylic acids is 1. The number of carboxylic acids is 1. The third kappa shape index (κ3) is 2.81. The highest BCUT2D eigenvalue weighted by Gasteiger charge is 2.37. The molecule has 0 aliphatic carbocycles. The summed E-state index contributed by atoms with van der Waals surface area (Å²) in [5.74, 6) is -1.72. The van der Waals surface area contributed by atoms with Crippen molar-refractivity contribution in [1.29, 1.82) is 0 Å². The summed E-state index contributed by atoms with van der Waals surface area (Å²) in [6, 6.07) is 0. The van der Waals surface area contributed by atoms with Crippen molar-refractivity contribution in [3.8, 4) is 0 Å². The molecule has 0 bridgehead atoms. The Morgan fingerprint density at radius 3 is 2.45 bits per heavy atom. The van der Waals surface area contributed by atoms with Crippen molar-refractivity contribution >= 4 is 5.97 Å². The van der Waals surface area contributed by atoms with Crippen molar-refractivity contribution in [2.24, 2.45) is 0 Å². The molecular formula is C6H11FO4. The Hall–Kier alpha value is -0.680. The molecule has 4 nitrogen and oxygen atoms in total. The zero-order chi connectivity index (χ0) is 9.07. The average Bonchev–Trinajstić information content (AvgIpc) is 1.86. The fourth-order valence-corrected chi connectivity index (χ4v) is 0.619. The molecule has 0 saturated carbocycles. The minimum absolute atomic E-state index is 0.291. The van der Waals surface area contributed by atoms with E-state index in [0.717, 1.165) is 6.92 Å². The molecule has 1 unspecified atom stereocenters. The first-order chi connectivity index (χ1) is 4.91. The lowest BCUT2D eigenvalue weighted by Gasteiger charge is -2.22. The van der Waals surface area contributed by atoms with E-state index in [-0.39, 0.29) is 6.42 Å². The molecule has 11 heavy (non-hydrogen) atoms. The minimum atomic E-state index is -2.35. The number of aliphatic hydroxyl groups excluding tert-OH is 1. The van der Waals surface area contributed by atoms with Crippen LogP contribution < -0.4 is 0 Å². The lowest BCUT2D eigenvalue weighted by atomic mass is 9.97. The molecule has 0 aromatic rings. The van der Waals surface area contributed by atoms with E-state index in [0.29, 0.717) is 0 Å². The van der Waals surface area contributed by atoms with E-state index in [9.17, 15) is 9.18 Å². The van der Waals surface area contributed by atoms with Gasteiger partial charge in [0.15, 0.2) is 0 Å². The second-order valence-electron chi connectivity index (χ2n) is 2.53. The normalized spacial score (nSPS) is 18.9. The highest BCUT2D eigenvalue weighted by atomic mass is 19.1. The number of carbonyl (C=O) groups is 1. The summed E-state index contributed by atoms with van der Waals surface area (Å²) in [5.41, 5.74) is -1.99. The average molecular weight is 166 g/mol. The predicted molar refractivity (Wildman–Crippen MR) is 34.9 cm³/mol. The van der Waals surface area contributed by atoms with Gasteiger partial charge in [0.05, 0.1) is 0 Å². The number of rotatable bonds is 4. The van der Waals surface area contributed by atoms with Crippen LogP contribution in [0.4, 0.5) is 4.39 Å². The summed E-state index contributed by atoms with van der Waals surface area (Å²) < 4.78 is 12.5. The largest absolute Gasteiger partial charge is 0.479 e. The van der Waals surface area contributed by atoms with Crippen LogP contribution in [-0.2, 0) is 4.79 Å². The van der Waals surface area contributed by atoms with Crippen LogP contribution in [0.25, 0.3) is 0 Å². The second-order valence-corrected chi connectivity index (χ2v) is 2.53. The fraction of sp³-hybridized carbons (Fsp3) is 0.833. The lowest BCUT2D eigenvalue weighted by Crippen LogP contribution is -2.42. The van der Waals surface area contributed by atoms with Gasteiger partial charge in [0.1, 0.15) is 5.60 Å². The van der Waals surface area contributed by atoms with Gasteiger partial charge in [-0.05, 0) is 6.92 Å². The fourth-order valence-electron chi connectivity index (χ4n) is 0.619. The van der Waals surface area contributed by atoms with Crippen molar-refractivity contribution < 1.29 is 24.5 Å². The molecule has 66 valence electrons. The molecule has 0 radical (unpaired) electrons. The Bertz CT molecular complexity index is 146. The maximum atomic E-state index is 12.5. The zero-order valence-corrected chi connectivity index (χ0v) is 6.12. The lowest BCUT2D eigenvalue weighted by molar-refractivity contribution is -0.154. The maximum Gasteiger partial charge on any atom is 0.341 e. The summed E-state index contributed by atoms with van der Waals surface area (Å²) in [6.07, 6.45) is -2.64. The van der Waals surface area contributed by atoms with Crippen LogP contribution in [0.1, 0.15) is 13.3 Å². The molecule has 0 aromatic heterocycles. The highest BCUT2D eigenvalue weighted by molar-refractivity contribution is 5.73. The molecule has 0 aromatic carbocycles. The van der Waals surface area contributed by atoms with Gasteiger partial charge in [-0.2, -0.15) is 0 Å². The van der Waals surface area contributed by atoms with Crippen LogP contribution in [0.3, 0.4) is 0 Å². The molecule has 0 aliphatic rings. The molecule has 3 N–H and O–H groups in total. The third-order valence-electron chi connectivity index (χ3n) is 1.38. The molecule has 0 aliphatic heterocycles. The van der Waals surface area contributed by atoms with Crippen molar-refractivity contribution in [3.05, 3.63) is 0 Å². The van der Waals surface area contributed by atoms with Gasteiger partial charge in [-0.15, -0.1) is 0 Å². The van der Waals surface area contributed by atoms with Crippen molar-refractivity contribution in [1.82, 2.24) is 0 Å². The molecule has 5 heteroatoms. The Morgan fingerprint density at radius 1 is 1.73 bits per heavy atom. The van der Waals surface area contributed by atoms with Crippen LogP contribution in [0.2, 0.25) is 0 Å². The van der Waals surface area contributed by atoms with Gasteiger partial charge >= 0.3 is 5.97 Å². The van der Waals surface area contributed by atoms with E-state index in [4.69, 9.17) is 15.3 Å². The minimum Gasteiger partial charge on any atom is -0.479 e. The van der Waals surface area contributed by atoms with Gasteiger partial charge < -0.3 is 15.3 Å². The van der Waals surface area contributed by atoms with Crippen LogP contribution in [-0.4, -0.2) is 39.7 Å². The van der Waals surface area contributed by atoms with Crippen molar-refractivity contribution in [2.45, 2.75) is 25.1 Å². The van der Waals surface area contributed by atoms with E-state index in [1.807, 2.05) is 0 Å². The summed E-state index contributed by atoms with van der Waals surface area (Å²) in [6.45, 7) is 0.586. The Morgan fingerprint density at radius 2 is 2.18 bits per heavy atom. The van der Waals surface area contributed by atoms with Crippen molar-refractivity contribution in [2.75, 3.05) is 6.61 Å². The number of hydrogen-bond acceptors (Lipinski definition) is 3. The monoisotopic (exact) mass is 166 g/mol. The molecule has 0 saturated heterocycles. The van der Waals surface area contributed by atoms with Crippen LogP contribution in [0, 0.1) is 0 Å². The second kappa shape index (κ2) is 3.64. The third-order valence-corrected chi connectivity index (χ3v) is 1.38. The van der Waals surface area contributed by atoms with E-state index in [2.05, 4.69) is 0 Å². The molecule has 0 fully saturated rings. The van der Waals surface area contributed by atoms with Crippen LogP contribution >= 0.6 is 0 Å². The summed E-state index contributed by atoms with van der Waals surface area (Å²) in [4.78, 5) is 10.0. The van der Waals surface area contributed by atoms with Gasteiger partial charge in [0.2, 0.25) is 6.17 Å². The first-order valence-electron chi connectivity index (χ1n) is 3.12. The summed E-state index contributed by atoms with van der Waals surface area (Å²) in [5, 5.41) is 25.5. The van der Waals surface area contributed by atoms with E-state index >= 15 is 0 Å². The molecule has 0 heterocycles. The predicted octanol–water partition coefficient (Wildman–Crippen LogP) is -0.458. The van der Waals surface area contributed by atoms with Gasteiger partial charge in [-0.1, -0.05) is 0 Å². The number of carboxylic acid groups (broad SMARTS) is 1. The quantitative estimate of drug-likeness (QED) is 0.528. The Kier molecular flexibility index (Phi) is 3.41. The van der Waals surface area contributed by atoms with Gasteiger partial charge in [0.25, 0.3) is 0 Å². The SMILES string of the molecule is CC(O)(CCO)[C@@H](F)C(=O)O. The molecular weight excluding hydrogens is 155 g/mol. The maximum absolute atomic E-state index is 12.5. The van der Waals surface area contributed by atoms with Gasteiger partial charge in [-0.3, -0.25) is 0 Å². The highest BCUT2D eigenvalue weighted by Crippen LogP contribution is 2.17. The Balaban J connectivity index is 4.16. The number of halogens is 1. The Labute approximate surface area is 63.3 Å². The topological polar surface area (TPSA) is 77.8 Å². The zero-order valence-electron chi connectivity index (χ0n) is 6.12. The van der Waals surface area contributed by atoms with Gasteiger partial charge in [0, 0.05) is 13.0 Å². The van der Waals surface area contributed by atoms with Crippen LogP contribution in [0.5, 0.6) is 0 Å². The number of hydrogen-bond donors (Lipinski definition) is 3. The molecule has 2 atom stereocenters. The van der Waals surface area contributed by atoms with Crippen LogP contribution in [0.15, 0.2) is 0 Å².